The SMILES string of the molecule is CC(C)(C)OC(=O)N1C(=O)[C@@H](OCc2ccccc2)CC1Cc1ccc(-c2ccccc2)cc1. The van der Waals surface area contributed by atoms with E-state index in [1.54, 1.807) is 20.8 Å². The number of carbonyl (C=O) groups is 2. The molecule has 3 aromatic rings. The summed E-state index contributed by atoms with van der Waals surface area (Å²) in [5.74, 6) is -0.337. The van der Waals surface area contributed by atoms with Crippen molar-refractivity contribution in [2.24, 2.45) is 0 Å². The molecule has 1 saturated heterocycles. The molecule has 0 bridgehead atoms. The van der Waals surface area contributed by atoms with Gasteiger partial charge in [0, 0.05) is 6.42 Å². The lowest BCUT2D eigenvalue weighted by atomic mass is 9.99. The van der Waals surface area contributed by atoms with E-state index in [9.17, 15) is 9.59 Å². The fourth-order valence-electron chi connectivity index (χ4n) is 4.16. The average molecular weight is 458 g/mol. The lowest BCUT2D eigenvalue weighted by Gasteiger charge is -2.27. The van der Waals surface area contributed by atoms with Crippen LogP contribution in [-0.2, 0) is 27.3 Å². The van der Waals surface area contributed by atoms with Gasteiger partial charge >= 0.3 is 6.09 Å². The first kappa shape index (κ1) is 23.7. The molecule has 1 aliphatic rings. The van der Waals surface area contributed by atoms with Gasteiger partial charge < -0.3 is 9.47 Å². The summed E-state index contributed by atoms with van der Waals surface area (Å²) in [6, 6.07) is 27.8. The maximum Gasteiger partial charge on any atom is 0.417 e. The molecule has 5 nitrogen and oxygen atoms in total. The average Bonchev–Trinajstić information content (AvgIpc) is 3.13. The summed E-state index contributed by atoms with van der Waals surface area (Å²) in [5.41, 5.74) is 3.62. The molecule has 2 amide bonds. The number of hydrogen-bond acceptors (Lipinski definition) is 4. The molecule has 0 N–H and O–H groups in total. The Hall–Kier alpha value is -3.44. The first-order chi connectivity index (χ1) is 16.3. The monoisotopic (exact) mass is 457 g/mol. The Bertz CT molecular complexity index is 1100. The first-order valence-corrected chi connectivity index (χ1v) is 11.7. The van der Waals surface area contributed by atoms with E-state index >= 15 is 0 Å². The predicted octanol–water partition coefficient (Wildman–Crippen LogP) is 6.02. The highest BCUT2D eigenvalue weighted by Crippen LogP contribution is 2.29. The molecular weight excluding hydrogens is 426 g/mol. The van der Waals surface area contributed by atoms with Crippen LogP contribution in [0.3, 0.4) is 0 Å². The number of ether oxygens (including phenoxy) is 2. The van der Waals surface area contributed by atoms with Crippen molar-refractivity contribution in [2.45, 2.75) is 58.0 Å². The van der Waals surface area contributed by atoms with Crippen LogP contribution in [0.4, 0.5) is 4.79 Å². The highest BCUT2D eigenvalue weighted by atomic mass is 16.6. The smallest absolute Gasteiger partial charge is 0.417 e. The van der Waals surface area contributed by atoms with Gasteiger partial charge in [0.25, 0.3) is 5.91 Å². The second-order valence-corrected chi connectivity index (χ2v) is 9.63. The number of imide groups is 1. The first-order valence-electron chi connectivity index (χ1n) is 11.7. The topological polar surface area (TPSA) is 55.8 Å². The number of nitrogens with zero attached hydrogens (tertiary/aromatic N) is 1. The lowest BCUT2D eigenvalue weighted by Crippen LogP contribution is -2.44. The molecular formula is C29H31NO4. The van der Waals surface area contributed by atoms with Gasteiger partial charge in [-0.15, -0.1) is 0 Å². The van der Waals surface area contributed by atoms with Crippen LogP contribution < -0.4 is 0 Å². The van der Waals surface area contributed by atoms with E-state index in [0.717, 1.165) is 22.3 Å². The molecule has 3 aromatic carbocycles. The van der Waals surface area contributed by atoms with Crippen molar-refractivity contribution in [1.29, 1.82) is 0 Å². The van der Waals surface area contributed by atoms with Crippen molar-refractivity contribution >= 4 is 12.0 Å². The summed E-state index contributed by atoms with van der Waals surface area (Å²) in [4.78, 5) is 27.4. The zero-order chi connectivity index (χ0) is 24.1. The van der Waals surface area contributed by atoms with Gasteiger partial charge in [0.15, 0.2) is 0 Å². The number of rotatable bonds is 6. The molecule has 0 saturated carbocycles. The van der Waals surface area contributed by atoms with Gasteiger partial charge in [-0.05, 0) is 49.4 Å². The Balaban J connectivity index is 1.50. The van der Waals surface area contributed by atoms with Crippen LogP contribution in [-0.4, -0.2) is 34.6 Å². The molecule has 0 aliphatic carbocycles. The van der Waals surface area contributed by atoms with Crippen LogP contribution in [0.2, 0.25) is 0 Å². The Morgan fingerprint density at radius 2 is 1.44 bits per heavy atom. The molecule has 2 atom stereocenters. The Kier molecular flexibility index (Phi) is 7.13. The molecule has 1 unspecified atom stereocenters. The van der Waals surface area contributed by atoms with Crippen molar-refractivity contribution in [1.82, 2.24) is 4.90 Å². The summed E-state index contributed by atoms with van der Waals surface area (Å²) < 4.78 is 11.5. The van der Waals surface area contributed by atoms with Crippen LogP contribution in [0.1, 0.15) is 38.3 Å². The molecule has 0 aromatic heterocycles. The highest BCUT2D eigenvalue weighted by Gasteiger charge is 2.45. The zero-order valence-electron chi connectivity index (χ0n) is 19.9. The number of hydrogen-bond donors (Lipinski definition) is 0. The largest absolute Gasteiger partial charge is 0.443 e. The van der Waals surface area contributed by atoms with Crippen molar-refractivity contribution in [3.05, 3.63) is 96.1 Å². The third kappa shape index (κ3) is 5.91. The van der Waals surface area contributed by atoms with Crippen molar-refractivity contribution in [2.75, 3.05) is 0 Å². The molecule has 1 heterocycles. The number of carbonyl (C=O) groups excluding carboxylic acids is 2. The van der Waals surface area contributed by atoms with E-state index in [2.05, 4.69) is 36.4 Å². The van der Waals surface area contributed by atoms with Crippen LogP contribution >= 0.6 is 0 Å². The Morgan fingerprint density at radius 1 is 0.853 bits per heavy atom. The normalized spacial score (nSPS) is 18.2. The summed E-state index contributed by atoms with van der Waals surface area (Å²) in [6.45, 7) is 5.71. The second kappa shape index (κ2) is 10.2. The second-order valence-electron chi connectivity index (χ2n) is 9.63. The Labute approximate surface area is 201 Å². The van der Waals surface area contributed by atoms with E-state index in [1.807, 2.05) is 48.5 Å². The molecule has 0 spiro atoms. The van der Waals surface area contributed by atoms with Gasteiger partial charge in [-0.3, -0.25) is 4.79 Å². The molecule has 1 fully saturated rings. The zero-order valence-corrected chi connectivity index (χ0v) is 19.9. The number of amides is 2. The van der Waals surface area contributed by atoms with Crippen LogP contribution in [0.15, 0.2) is 84.9 Å². The third-order valence-electron chi connectivity index (χ3n) is 5.78. The molecule has 4 rings (SSSR count). The number of benzene rings is 3. The summed E-state index contributed by atoms with van der Waals surface area (Å²) in [6.07, 6.45) is -0.313. The Morgan fingerprint density at radius 3 is 2.06 bits per heavy atom. The molecule has 5 heteroatoms. The van der Waals surface area contributed by atoms with Crippen LogP contribution in [0.5, 0.6) is 0 Å². The van der Waals surface area contributed by atoms with E-state index < -0.39 is 17.8 Å². The standard InChI is InChI=1S/C29H31NO4/c1-29(2,3)34-28(32)30-25(19-26(27(30)31)33-20-22-10-6-4-7-11-22)18-21-14-16-24(17-15-21)23-12-8-5-9-13-23/h4-17,25-26H,18-20H2,1-3H3/t25?,26-/m0/s1. The van der Waals surface area contributed by atoms with Gasteiger partial charge in [-0.25, -0.2) is 9.69 Å². The molecule has 1 aliphatic heterocycles. The van der Waals surface area contributed by atoms with Crippen LogP contribution in [0.25, 0.3) is 11.1 Å². The van der Waals surface area contributed by atoms with Crippen LogP contribution in [0, 0.1) is 0 Å². The highest BCUT2D eigenvalue weighted by molar-refractivity contribution is 5.97. The van der Waals surface area contributed by atoms with Crippen molar-refractivity contribution in [3.8, 4) is 11.1 Å². The molecule has 34 heavy (non-hydrogen) atoms. The molecule has 0 radical (unpaired) electrons. The summed E-state index contributed by atoms with van der Waals surface area (Å²) in [7, 11) is 0. The van der Waals surface area contributed by atoms with E-state index in [-0.39, 0.29) is 11.9 Å². The van der Waals surface area contributed by atoms with Gasteiger partial charge in [0.1, 0.15) is 11.7 Å². The predicted molar refractivity (Wildman–Crippen MR) is 132 cm³/mol. The maximum atomic E-state index is 13.2. The van der Waals surface area contributed by atoms with E-state index in [4.69, 9.17) is 9.47 Å². The third-order valence-corrected chi connectivity index (χ3v) is 5.78. The fourth-order valence-corrected chi connectivity index (χ4v) is 4.16. The van der Waals surface area contributed by atoms with E-state index in [1.165, 1.54) is 4.90 Å². The number of likely N-dealkylation sites (tertiary alicyclic amines) is 1. The fraction of sp³-hybridized carbons (Fsp3) is 0.310. The lowest BCUT2D eigenvalue weighted by molar-refractivity contribution is -0.137. The minimum absolute atomic E-state index is 0.317. The minimum Gasteiger partial charge on any atom is -0.443 e. The molecule has 176 valence electrons. The summed E-state index contributed by atoms with van der Waals surface area (Å²) >= 11 is 0. The van der Waals surface area contributed by atoms with E-state index in [0.29, 0.717) is 19.4 Å². The summed E-state index contributed by atoms with van der Waals surface area (Å²) in [5, 5.41) is 0. The maximum absolute atomic E-state index is 13.2. The van der Waals surface area contributed by atoms with Gasteiger partial charge in [0.2, 0.25) is 0 Å². The van der Waals surface area contributed by atoms with Crippen molar-refractivity contribution < 1.29 is 19.1 Å². The van der Waals surface area contributed by atoms with Gasteiger partial charge in [0.05, 0.1) is 12.6 Å². The van der Waals surface area contributed by atoms with Crippen molar-refractivity contribution in [3.63, 3.8) is 0 Å². The van der Waals surface area contributed by atoms with Gasteiger partial charge in [-0.2, -0.15) is 0 Å². The van der Waals surface area contributed by atoms with Gasteiger partial charge in [-0.1, -0.05) is 84.9 Å². The quantitative estimate of drug-likeness (QED) is 0.454. The minimum atomic E-state index is -0.692.